The van der Waals surface area contributed by atoms with Gasteiger partial charge >= 0.3 is 12.3 Å². The fraction of sp³-hybridized carbons (Fsp3) is 0.562. The number of carbonyl (C=O) groups excluding carboxylic acids is 1. The van der Waals surface area contributed by atoms with Gasteiger partial charge in [0.05, 0.1) is 5.56 Å². The van der Waals surface area contributed by atoms with E-state index in [0.29, 0.717) is 5.56 Å². The van der Waals surface area contributed by atoms with Gasteiger partial charge < -0.3 is 15.8 Å². The second kappa shape index (κ2) is 7.21. The van der Waals surface area contributed by atoms with Gasteiger partial charge in [0.1, 0.15) is 5.60 Å². The van der Waals surface area contributed by atoms with Crippen molar-refractivity contribution in [3.05, 3.63) is 35.4 Å². The Hall–Kier alpha value is -1.76. The van der Waals surface area contributed by atoms with Crippen LogP contribution in [0.2, 0.25) is 0 Å². The topological polar surface area (TPSA) is 64.3 Å². The number of rotatable bonds is 4. The first-order valence-corrected chi connectivity index (χ1v) is 7.30. The summed E-state index contributed by atoms with van der Waals surface area (Å²) in [6.45, 7) is 7.20. The lowest BCUT2D eigenvalue weighted by molar-refractivity contribution is -0.137. The minimum Gasteiger partial charge on any atom is -0.444 e. The van der Waals surface area contributed by atoms with Crippen molar-refractivity contribution in [3.8, 4) is 0 Å². The van der Waals surface area contributed by atoms with Crippen molar-refractivity contribution in [1.82, 2.24) is 5.32 Å². The number of nitrogens with two attached hydrogens (primary N) is 1. The molecule has 0 aromatic heterocycles. The van der Waals surface area contributed by atoms with Crippen molar-refractivity contribution in [3.63, 3.8) is 0 Å². The Morgan fingerprint density at radius 1 is 1.22 bits per heavy atom. The Balaban J connectivity index is 2.60. The van der Waals surface area contributed by atoms with Crippen LogP contribution in [-0.4, -0.2) is 24.3 Å². The fourth-order valence-corrected chi connectivity index (χ4v) is 1.91. The molecule has 0 aliphatic carbocycles. The second-order valence-corrected chi connectivity index (χ2v) is 6.46. The third-order valence-electron chi connectivity index (χ3n) is 3.29. The first-order chi connectivity index (χ1) is 10.4. The number of carbonyl (C=O) groups is 1. The molecule has 0 heterocycles. The minimum absolute atomic E-state index is 0.164. The van der Waals surface area contributed by atoms with Crippen molar-refractivity contribution in [2.45, 2.75) is 51.4 Å². The van der Waals surface area contributed by atoms with E-state index < -0.39 is 29.5 Å². The van der Waals surface area contributed by atoms with E-state index in [9.17, 15) is 18.0 Å². The molecule has 0 fully saturated rings. The van der Waals surface area contributed by atoms with E-state index in [0.717, 1.165) is 12.1 Å². The molecule has 7 heteroatoms. The van der Waals surface area contributed by atoms with E-state index in [-0.39, 0.29) is 12.5 Å². The summed E-state index contributed by atoms with van der Waals surface area (Å²) in [7, 11) is 0. The summed E-state index contributed by atoms with van der Waals surface area (Å²) >= 11 is 0. The molecule has 0 spiro atoms. The van der Waals surface area contributed by atoms with Gasteiger partial charge in [0.25, 0.3) is 0 Å². The zero-order chi connectivity index (χ0) is 17.8. The van der Waals surface area contributed by atoms with Crippen molar-refractivity contribution in [2.24, 2.45) is 5.73 Å². The summed E-state index contributed by atoms with van der Waals surface area (Å²) in [6, 6.07) is 4.42. The number of nitrogens with one attached hydrogen (secondary N) is 1. The van der Waals surface area contributed by atoms with Crippen molar-refractivity contribution < 1.29 is 22.7 Å². The SMILES string of the molecule is CC(c1ccc(C(F)(F)F)cc1)C(N)CNC(=O)OC(C)(C)C. The lowest BCUT2D eigenvalue weighted by Crippen LogP contribution is -2.42. The summed E-state index contributed by atoms with van der Waals surface area (Å²) in [5.74, 6) is -0.216. The number of alkyl halides is 3. The Morgan fingerprint density at radius 2 is 1.74 bits per heavy atom. The molecule has 1 rings (SSSR count). The molecule has 2 atom stereocenters. The molecule has 0 radical (unpaired) electrons. The molecule has 0 saturated carbocycles. The lowest BCUT2D eigenvalue weighted by Gasteiger charge is -2.23. The molecule has 130 valence electrons. The Labute approximate surface area is 134 Å². The molecule has 1 aromatic carbocycles. The molecular weight excluding hydrogens is 309 g/mol. The third-order valence-corrected chi connectivity index (χ3v) is 3.29. The first kappa shape index (κ1) is 19.3. The van der Waals surface area contributed by atoms with Gasteiger partial charge in [-0.2, -0.15) is 13.2 Å². The second-order valence-electron chi connectivity index (χ2n) is 6.46. The van der Waals surface area contributed by atoms with Crippen LogP contribution in [0.3, 0.4) is 0 Å². The van der Waals surface area contributed by atoms with Crippen molar-refractivity contribution in [1.29, 1.82) is 0 Å². The van der Waals surface area contributed by atoms with Crippen LogP contribution in [0, 0.1) is 0 Å². The quantitative estimate of drug-likeness (QED) is 0.884. The lowest BCUT2D eigenvalue weighted by atomic mass is 9.93. The predicted molar refractivity (Wildman–Crippen MR) is 82.1 cm³/mol. The maximum Gasteiger partial charge on any atom is 0.416 e. The molecule has 2 unspecified atom stereocenters. The summed E-state index contributed by atoms with van der Waals surface area (Å²) in [5, 5.41) is 2.56. The number of hydrogen-bond acceptors (Lipinski definition) is 3. The molecule has 3 N–H and O–H groups in total. The molecule has 23 heavy (non-hydrogen) atoms. The van der Waals surface area contributed by atoms with Crippen LogP contribution in [0.25, 0.3) is 0 Å². The Morgan fingerprint density at radius 3 is 2.17 bits per heavy atom. The number of halogens is 3. The molecular formula is C16H23F3N2O2. The molecule has 0 bridgehead atoms. The average molecular weight is 332 g/mol. The van der Waals surface area contributed by atoms with Gasteiger partial charge in [-0.3, -0.25) is 0 Å². The molecule has 0 aliphatic rings. The van der Waals surface area contributed by atoms with Crippen LogP contribution >= 0.6 is 0 Å². The maximum atomic E-state index is 12.5. The van der Waals surface area contributed by atoms with E-state index in [1.165, 1.54) is 12.1 Å². The smallest absolute Gasteiger partial charge is 0.416 e. The summed E-state index contributed by atoms with van der Waals surface area (Å²) in [4.78, 5) is 11.6. The molecule has 1 amide bonds. The first-order valence-electron chi connectivity index (χ1n) is 7.30. The monoisotopic (exact) mass is 332 g/mol. The van der Waals surface area contributed by atoms with Gasteiger partial charge in [-0.05, 0) is 44.4 Å². The predicted octanol–water partition coefficient (Wildman–Crippen LogP) is 3.66. The van der Waals surface area contributed by atoms with E-state index >= 15 is 0 Å². The highest BCUT2D eigenvalue weighted by Crippen LogP contribution is 2.30. The van der Waals surface area contributed by atoms with Crippen LogP contribution in [0.15, 0.2) is 24.3 Å². The highest BCUT2D eigenvalue weighted by atomic mass is 19.4. The minimum atomic E-state index is -4.36. The normalized spacial score (nSPS) is 15.0. The zero-order valence-electron chi connectivity index (χ0n) is 13.7. The van der Waals surface area contributed by atoms with Crippen molar-refractivity contribution in [2.75, 3.05) is 6.54 Å². The van der Waals surface area contributed by atoms with E-state index in [1.54, 1.807) is 27.7 Å². The van der Waals surface area contributed by atoms with E-state index in [1.807, 2.05) is 0 Å². The summed E-state index contributed by atoms with van der Waals surface area (Å²) < 4.78 is 42.7. The van der Waals surface area contributed by atoms with Gasteiger partial charge in [0, 0.05) is 12.6 Å². The van der Waals surface area contributed by atoms with Crippen LogP contribution in [0.1, 0.15) is 44.7 Å². The third kappa shape index (κ3) is 6.48. The van der Waals surface area contributed by atoms with Gasteiger partial charge in [-0.15, -0.1) is 0 Å². The van der Waals surface area contributed by atoms with E-state index in [2.05, 4.69) is 5.32 Å². The molecule has 0 saturated heterocycles. The average Bonchev–Trinajstić information content (AvgIpc) is 2.41. The highest BCUT2D eigenvalue weighted by Gasteiger charge is 2.30. The molecule has 0 aliphatic heterocycles. The van der Waals surface area contributed by atoms with E-state index in [4.69, 9.17) is 10.5 Å². The van der Waals surface area contributed by atoms with Crippen LogP contribution in [0.4, 0.5) is 18.0 Å². The largest absolute Gasteiger partial charge is 0.444 e. The molecule has 1 aromatic rings. The summed E-state index contributed by atoms with van der Waals surface area (Å²) in [6.07, 6.45) is -4.94. The van der Waals surface area contributed by atoms with Crippen molar-refractivity contribution >= 4 is 6.09 Å². The van der Waals surface area contributed by atoms with Crippen LogP contribution < -0.4 is 11.1 Å². The number of benzene rings is 1. The number of alkyl carbamates (subject to hydrolysis) is 1. The zero-order valence-corrected chi connectivity index (χ0v) is 13.7. The van der Waals surface area contributed by atoms with Gasteiger partial charge in [-0.25, -0.2) is 4.79 Å². The standard InChI is InChI=1S/C16H23F3N2O2/c1-10(11-5-7-12(8-6-11)16(17,18)19)13(20)9-21-14(22)23-15(2,3)4/h5-8,10,13H,9,20H2,1-4H3,(H,21,22). The van der Waals surface area contributed by atoms with Gasteiger partial charge in [0.15, 0.2) is 0 Å². The van der Waals surface area contributed by atoms with Gasteiger partial charge in [-0.1, -0.05) is 19.1 Å². The Kier molecular flexibility index (Phi) is 6.04. The van der Waals surface area contributed by atoms with Gasteiger partial charge in [0.2, 0.25) is 0 Å². The number of ether oxygens (including phenoxy) is 1. The molecule has 4 nitrogen and oxygen atoms in total. The Bertz CT molecular complexity index is 522. The fourth-order valence-electron chi connectivity index (χ4n) is 1.91. The summed E-state index contributed by atoms with van der Waals surface area (Å²) in [5.41, 5.74) is 5.37. The van der Waals surface area contributed by atoms with Crippen LogP contribution in [0.5, 0.6) is 0 Å². The number of amides is 1. The van der Waals surface area contributed by atoms with Crippen LogP contribution in [-0.2, 0) is 10.9 Å². The number of hydrogen-bond donors (Lipinski definition) is 2. The maximum absolute atomic E-state index is 12.5. The highest BCUT2D eigenvalue weighted by molar-refractivity contribution is 5.67.